The Labute approximate surface area is 185 Å². The van der Waals surface area contributed by atoms with Crippen molar-refractivity contribution in [3.8, 4) is 0 Å². The number of thiophene rings is 1. The Morgan fingerprint density at radius 3 is 2.30 bits per heavy atom. The van der Waals surface area contributed by atoms with Gasteiger partial charge >= 0.3 is 6.03 Å². The molecule has 1 heterocycles. The van der Waals surface area contributed by atoms with Gasteiger partial charge in [0.25, 0.3) is 0 Å². The highest BCUT2D eigenvalue weighted by atomic mass is 32.1. The molecule has 2 aromatic rings. The lowest BCUT2D eigenvalue weighted by Gasteiger charge is -2.28. The van der Waals surface area contributed by atoms with Crippen molar-refractivity contribution in [2.75, 3.05) is 19.6 Å². The molecule has 0 bridgehead atoms. The number of hydrogen-bond donors (Lipinski definition) is 1. The van der Waals surface area contributed by atoms with Gasteiger partial charge in [0.2, 0.25) is 5.91 Å². The minimum absolute atomic E-state index is 0.0216. The number of carbonyl (C=O) groups is 2. The first-order chi connectivity index (χ1) is 14.5. The summed E-state index contributed by atoms with van der Waals surface area (Å²) in [5.41, 5.74) is 1.09. The van der Waals surface area contributed by atoms with Gasteiger partial charge in [0.1, 0.15) is 6.54 Å². The van der Waals surface area contributed by atoms with E-state index in [4.69, 9.17) is 0 Å². The molecule has 6 heteroatoms. The van der Waals surface area contributed by atoms with E-state index in [9.17, 15) is 9.59 Å². The van der Waals surface area contributed by atoms with Crippen LogP contribution in [0.15, 0.2) is 42.5 Å². The SMILES string of the molecule is CCCCNC(=O)N(CCCC)CC(=O)N(Cc1ccccc1)Cc1ccc(C)s1. The van der Waals surface area contributed by atoms with Crippen LogP contribution in [0, 0.1) is 6.92 Å². The van der Waals surface area contributed by atoms with E-state index in [1.807, 2.05) is 35.2 Å². The van der Waals surface area contributed by atoms with E-state index >= 15 is 0 Å². The molecule has 0 spiro atoms. The number of urea groups is 1. The molecule has 0 aliphatic heterocycles. The van der Waals surface area contributed by atoms with E-state index in [-0.39, 0.29) is 18.5 Å². The third-order valence-electron chi connectivity index (χ3n) is 4.91. The normalized spacial score (nSPS) is 10.6. The third-order valence-corrected chi connectivity index (χ3v) is 5.90. The van der Waals surface area contributed by atoms with Crippen molar-refractivity contribution in [3.63, 3.8) is 0 Å². The zero-order valence-corrected chi connectivity index (χ0v) is 19.3. The fraction of sp³-hybridized carbons (Fsp3) is 0.500. The number of aryl methyl sites for hydroxylation is 1. The lowest BCUT2D eigenvalue weighted by molar-refractivity contribution is -0.133. The van der Waals surface area contributed by atoms with Crippen molar-refractivity contribution < 1.29 is 9.59 Å². The second-order valence-electron chi connectivity index (χ2n) is 7.61. The summed E-state index contributed by atoms with van der Waals surface area (Å²) in [7, 11) is 0. The van der Waals surface area contributed by atoms with Gasteiger partial charge in [0, 0.05) is 29.4 Å². The molecule has 0 aliphatic carbocycles. The van der Waals surface area contributed by atoms with E-state index in [1.165, 1.54) is 4.88 Å². The number of hydrogen-bond acceptors (Lipinski definition) is 3. The van der Waals surface area contributed by atoms with Crippen molar-refractivity contribution in [1.29, 1.82) is 0 Å². The molecule has 0 unspecified atom stereocenters. The number of nitrogens with zero attached hydrogens (tertiary/aromatic N) is 2. The van der Waals surface area contributed by atoms with Gasteiger partial charge in [-0.05, 0) is 37.5 Å². The molecular formula is C24H35N3O2S. The molecule has 0 fully saturated rings. The van der Waals surface area contributed by atoms with Crippen LogP contribution < -0.4 is 5.32 Å². The summed E-state index contributed by atoms with van der Waals surface area (Å²) in [6.45, 7) is 8.71. The van der Waals surface area contributed by atoms with Crippen LogP contribution in [-0.4, -0.2) is 41.4 Å². The van der Waals surface area contributed by atoms with Crippen molar-refractivity contribution in [2.45, 2.75) is 59.5 Å². The molecule has 0 radical (unpaired) electrons. The van der Waals surface area contributed by atoms with Gasteiger partial charge in [-0.2, -0.15) is 0 Å². The number of nitrogens with one attached hydrogen (secondary N) is 1. The van der Waals surface area contributed by atoms with E-state index in [0.29, 0.717) is 26.2 Å². The summed E-state index contributed by atoms with van der Waals surface area (Å²) >= 11 is 1.71. The Bertz CT molecular complexity index is 776. The summed E-state index contributed by atoms with van der Waals surface area (Å²) in [6.07, 6.45) is 3.84. The smallest absolute Gasteiger partial charge is 0.317 e. The lowest BCUT2D eigenvalue weighted by Crippen LogP contribution is -2.47. The Morgan fingerprint density at radius 2 is 1.67 bits per heavy atom. The monoisotopic (exact) mass is 429 g/mol. The molecule has 5 nitrogen and oxygen atoms in total. The molecule has 1 aromatic heterocycles. The molecule has 0 saturated carbocycles. The molecule has 3 amide bonds. The van der Waals surface area contributed by atoms with E-state index in [1.54, 1.807) is 16.2 Å². The highest BCUT2D eigenvalue weighted by Gasteiger charge is 2.21. The van der Waals surface area contributed by atoms with E-state index < -0.39 is 0 Å². The quantitative estimate of drug-likeness (QED) is 0.472. The summed E-state index contributed by atoms with van der Waals surface area (Å²) in [6, 6.07) is 14.0. The fourth-order valence-electron chi connectivity index (χ4n) is 3.14. The average molecular weight is 430 g/mol. The Kier molecular flexibility index (Phi) is 10.4. The number of carbonyl (C=O) groups excluding carboxylic acids is 2. The van der Waals surface area contributed by atoms with Crippen LogP contribution in [-0.2, 0) is 17.9 Å². The van der Waals surface area contributed by atoms with Crippen LogP contribution >= 0.6 is 11.3 Å². The number of amides is 3. The van der Waals surface area contributed by atoms with Gasteiger partial charge in [-0.25, -0.2) is 4.79 Å². The van der Waals surface area contributed by atoms with Gasteiger partial charge in [0.15, 0.2) is 0 Å². The van der Waals surface area contributed by atoms with Crippen molar-refractivity contribution in [3.05, 3.63) is 57.8 Å². The highest BCUT2D eigenvalue weighted by Crippen LogP contribution is 2.19. The molecule has 30 heavy (non-hydrogen) atoms. The predicted molar refractivity (Wildman–Crippen MR) is 125 cm³/mol. The maximum Gasteiger partial charge on any atom is 0.317 e. The van der Waals surface area contributed by atoms with Crippen molar-refractivity contribution in [1.82, 2.24) is 15.1 Å². The van der Waals surface area contributed by atoms with Gasteiger partial charge in [-0.3, -0.25) is 4.79 Å². The zero-order chi connectivity index (χ0) is 21.8. The number of benzene rings is 1. The first-order valence-corrected chi connectivity index (χ1v) is 11.7. The topological polar surface area (TPSA) is 52.7 Å². The minimum atomic E-state index is -0.142. The first kappa shape index (κ1) is 23.9. The van der Waals surface area contributed by atoms with E-state index in [2.05, 4.69) is 38.2 Å². The Balaban J connectivity index is 2.10. The molecule has 0 saturated heterocycles. The van der Waals surface area contributed by atoms with Gasteiger partial charge < -0.3 is 15.1 Å². The summed E-state index contributed by atoms with van der Waals surface area (Å²) in [5.74, 6) is -0.0216. The third kappa shape index (κ3) is 8.19. The molecule has 164 valence electrons. The second kappa shape index (κ2) is 13.1. The van der Waals surface area contributed by atoms with Crippen molar-refractivity contribution >= 4 is 23.3 Å². The first-order valence-electron chi connectivity index (χ1n) is 10.9. The van der Waals surface area contributed by atoms with Crippen LogP contribution in [0.3, 0.4) is 0 Å². The van der Waals surface area contributed by atoms with Crippen LogP contribution in [0.1, 0.15) is 54.8 Å². The molecule has 0 atom stereocenters. The van der Waals surface area contributed by atoms with Crippen LogP contribution in [0.4, 0.5) is 4.79 Å². The molecule has 1 N–H and O–H groups in total. The Morgan fingerprint density at radius 1 is 0.933 bits per heavy atom. The summed E-state index contributed by atoms with van der Waals surface area (Å²) in [4.78, 5) is 31.8. The summed E-state index contributed by atoms with van der Waals surface area (Å²) in [5, 5.41) is 2.96. The molecule has 2 rings (SSSR count). The summed E-state index contributed by atoms with van der Waals surface area (Å²) < 4.78 is 0. The lowest BCUT2D eigenvalue weighted by atomic mass is 10.2. The maximum absolute atomic E-state index is 13.3. The van der Waals surface area contributed by atoms with Crippen molar-refractivity contribution in [2.24, 2.45) is 0 Å². The highest BCUT2D eigenvalue weighted by molar-refractivity contribution is 7.11. The number of unbranched alkanes of at least 4 members (excludes halogenated alkanes) is 2. The van der Waals surface area contributed by atoms with Gasteiger partial charge in [-0.1, -0.05) is 57.0 Å². The van der Waals surface area contributed by atoms with Crippen LogP contribution in [0.25, 0.3) is 0 Å². The van der Waals surface area contributed by atoms with Gasteiger partial charge in [0.05, 0.1) is 6.54 Å². The maximum atomic E-state index is 13.3. The predicted octanol–water partition coefficient (Wildman–Crippen LogP) is 5.20. The Hall–Kier alpha value is -2.34. The fourth-order valence-corrected chi connectivity index (χ4v) is 4.05. The second-order valence-corrected chi connectivity index (χ2v) is 8.98. The standard InChI is InChI=1S/C24H35N3O2S/c1-4-6-15-25-24(29)26(16-7-5-2)19-23(28)27(17-21-11-9-8-10-12-21)18-22-14-13-20(3)30-22/h8-14H,4-7,15-19H2,1-3H3,(H,25,29). The van der Waals surface area contributed by atoms with Gasteiger partial charge in [-0.15, -0.1) is 11.3 Å². The van der Waals surface area contributed by atoms with Crippen LogP contribution in [0.5, 0.6) is 0 Å². The molecular weight excluding hydrogens is 394 g/mol. The largest absolute Gasteiger partial charge is 0.338 e. The number of rotatable bonds is 12. The zero-order valence-electron chi connectivity index (χ0n) is 18.5. The average Bonchev–Trinajstić information content (AvgIpc) is 3.16. The van der Waals surface area contributed by atoms with E-state index in [0.717, 1.165) is 36.1 Å². The molecule has 0 aliphatic rings. The van der Waals surface area contributed by atoms with Crippen LogP contribution in [0.2, 0.25) is 0 Å². The minimum Gasteiger partial charge on any atom is -0.338 e. The molecule has 1 aromatic carbocycles.